The lowest BCUT2D eigenvalue weighted by Gasteiger charge is -2.33. The first-order valence-electron chi connectivity index (χ1n) is 8.20. The van der Waals surface area contributed by atoms with Gasteiger partial charge in [-0.05, 0) is 44.4 Å². The molecule has 0 unspecified atom stereocenters. The van der Waals surface area contributed by atoms with Crippen LogP contribution in [-0.4, -0.2) is 54.2 Å². The molecule has 0 aromatic heterocycles. The van der Waals surface area contributed by atoms with Crippen LogP contribution in [-0.2, 0) is 9.59 Å². The van der Waals surface area contributed by atoms with Gasteiger partial charge in [-0.2, -0.15) is 0 Å². The summed E-state index contributed by atoms with van der Waals surface area (Å²) in [6.45, 7) is 1.96. The maximum Gasteiger partial charge on any atom is 0.314 e. The van der Waals surface area contributed by atoms with E-state index in [-0.39, 0.29) is 0 Å². The van der Waals surface area contributed by atoms with Crippen LogP contribution in [0.5, 0.6) is 0 Å². The SMILES string of the molecule is CN(C)CCN1c2ccccc2Sc2ccc(Cl)cc21.O=C(O)CC(=O)O. The van der Waals surface area contributed by atoms with E-state index >= 15 is 0 Å². The lowest BCUT2D eigenvalue weighted by Crippen LogP contribution is -2.29. The van der Waals surface area contributed by atoms with E-state index < -0.39 is 18.4 Å². The Morgan fingerprint density at radius 3 is 2.26 bits per heavy atom. The van der Waals surface area contributed by atoms with E-state index in [2.05, 4.69) is 60.3 Å². The van der Waals surface area contributed by atoms with Gasteiger partial charge in [0.1, 0.15) is 6.42 Å². The van der Waals surface area contributed by atoms with E-state index in [1.54, 1.807) is 0 Å². The first-order chi connectivity index (χ1) is 12.8. The fourth-order valence-corrected chi connectivity index (χ4v) is 3.72. The molecule has 0 fully saturated rings. The third kappa shape index (κ3) is 6.16. The number of hydrogen-bond donors (Lipinski definition) is 2. The van der Waals surface area contributed by atoms with Gasteiger partial charge in [-0.15, -0.1) is 0 Å². The molecule has 2 aromatic carbocycles. The van der Waals surface area contributed by atoms with Crippen LogP contribution >= 0.6 is 23.4 Å². The molecule has 0 spiro atoms. The van der Waals surface area contributed by atoms with E-state index in [4.69, 9.17) is 21.8 Å². The predicted molar refractivity (Wildman–Crippen MR) is 107 cm³/mol. The molecule has 0 saturated carbocycles. The number of carbonyl (C=O) groups is 2. The van der Waals surface area contributed by atoms with Gasteiger partial charge in [0, 0.05) is 27.9 Å². The van der Waals surface area contributed by atoms with Crippen molar-refractivity contribution >= 4 is 46.7 Å². The van der Waals surface area contributed by atoms with E-state index in [1.807, 2.05) is 17.8 Å². The number of carboxylic acid groups (broad SMARTS) is 2. The van der Waals surface area contributed by atoms with Gasteiger partial charge in [-0.25, -0.2) is 0 Å². The molecule has 27 heavy (non-hydrogen) atoms. The number of carboxylic acids is 2. The zero-order valence-corrected chi connectivity index (χ0v) is 16.6. The smallest absolute Gasteiger partial charge is 0.314 e. The summed E-state index contributed by atoms with van der Waals surface area (Å²) in [6.07, 6.45) is -0.806. The number of benzene rings is 2. The number of para-hydroxylation sites is 1. The third-order valence-electron chi connectivity index (χ3n) is 3.66. The minimum absolute atomic E-state index is 0.790. The number of rotatable bonds is 5. The molecule has 2 aromatic rings. The van der Waals surface area contributed by atoms with Crippen molar-refractivity contribution in [1.29, 1.82) is 0 Å². The Labute approximate surface area is 167 Å². The molecule has 0 amide bonds. The van der Waals surface area contributed by atoms with Crippen molar-refractivity contribution in [1.82, 2.24) is 4.90 Å². The highest BCUT2D eigenvalue weighted by atomic mass is 35.5. The Bertz CT molecular complexity index is 817. The maximum atomic E-state index is 9.43. The first kappa shape index (κ1) is 21.1. The second kappa shape index (κ2) is 9.64. The molecule has 1 heterocycles. The number of hydrogen-bond acceptors (Lipinski definition) is 5. The number of halogens is 1. The topological polar surface area (TPSA) is 81.1 Å². The van der Waals surface area contributed by atoms with Gasteiger partial charge in [-0.1, -0.05) is 35.5 Å². The summed E-state index contributed by atoms with van der Waals surface area (Å²) in [5.41, 5.74) is 2.48. The van der Waals surface area contributed by atoms with Crippen molar-refractivity contribution in [2.75, 3.05) is 32.1 Å². The van der Waals surface area contributed by atoms with Crippen LogP contribution in [0.3, 0.4) is 0 Å². The highest BCUT2D eigenvalue weighted by molar-refractivity contribution is 7.99. The van der Waals surface area contributed by atoms with Gasteiger partial charge in [0.05, 0.1) is 11.4 Å². The van der Waals surface area contributed by atoms with E-state index in [1.165, 1.54) is 21.2 Å². The lowest BCUT2D eigenvalue weighted by molar-refractivity contribution is -0.147. The van der Waals surface area contributed by atoms with Crippen LogP contribution in [0.15, 0.2) is 52.3 Å². The Kier molecular flexibility index (Phi) is 7.53. The Balaban J connectivity index is 0.000000321. The Hall–Kier alpha value is -2.22. The van der Waals surface area contributed by atoms with Crippen LogP contribution in [0.1, 0.15) is 6.42 Å². The van der Waals surface area contributed by atoms with Gasteiger partial charge in [0.25, 0.3) is 0 Å². The van der Waals surface area contributed by atoms with Gasteiger partial charge < -0.3 is 20.0 Å². The molecule has 0 radical (unpaired) electrons. The van der Waals surface area contributed by atoms with Crippen molar-refractivity contribution in [3.05, 3.63) is 47.5 Å². The zero-order valence-electron chi connectivity index (χ0n) is 15.1. The van der Waals surface area contributed by atoms with E-state index in [0.29, 0.717) is 0 Å². The quantitative estimate of drug-likeness (QED) is 0.722. The second-order valence-electron chi connectivity index (χ2n) is 6.10. The molecule has 0 aliphatic carbocycles. The third-order valence-corrected chi connectivity index (χ3v) is 5.03. The Morgan fingerprint density at radius 2 is 1.67 bits per heavy atom. The number of aliphatic carboxylic acids is 2. The van der Waals surface area contributed by atoms with Crippen molar-refractivity contribution in [3.63, 3.8) is 0 Å². The first-order valence-corrected chi connectivity index (χ1v) is 9.39. The van der Waals surface area contributed by atoms with Crippen LogP contribution in [0.25, 0.3) is 0 Å². The summed E-state index contributed by atoms with van der Waals surface area (Å²) in [4.78, 5) is 26.0. The molecule has 0 bridgehead atoms. The monoisotopic (exact) mass is 408 g/mol. The number of fused-ring (bicyclic) bond motifs is 2. The normalized spacial score (nSPS) is 11.9. The minimum Gasteiger partial charge on any atom is -0.481 e. The minimum atomic E-state index is -1.31. The Morgan fingerprint density at radius 1 is 1.04 bits per heavy atom. The van der Waals surface area contributed by atoms with Gasteiger partial charge >= 0.3 is 11.9 Å². The number of likely N-dealkylation sites (N-methyl/N-ethyl adjacent to an activating group) is 1. The molecule has 0 saturated heterocycles. The molecule has 1 aliphatic heterocycles. The summed E-state index contributed by atoms with van der Waals surface area (Å²) in [6, 6.07) is 14.7. The average Bonchev–Trinajstić information content (AvgIpc) is 2.58. The van der Waals surface area contributed by atoms with Crippen molar-refractivity contribution in [2.24, 2.45) is 0 Å². The lowest BCUT2D eigenvalue weighted by atomic mass is 10.2. The fourth-order valence-electron chi connectivity index (χ4n) is 2.47. The molecule has 8 heteroatoms. The average molecular weight is 409 g/mol. The summed E-state index contributed by atoms with van der Waals surface area (Å²) < 4.78 is 0. The molecule has 144 valence electrons. The van der Waals surface area contributed by atoms with E-state index in [9.17, 15) is 9.59 Å². The van der Waals surface area contributed by atoms with Crippen molar-refractivity contribution < 1.29 is 19.8 Å². The second-order valence-corrected chi connectivity index (χ2v) is 7.62. The highest BCUT2D eigenvalue weighted by Gasteiger charge is 2.23. The van der Waals surface area contributed by atoms with Gasteiger partial charge in [0.15, 0.2) is 0 Å². The van der Waals surface area contributed by atoms with Crippen molar-refractivity contribution in [2.45, 2.75) is 16.2 Å². The van der Waals surface area contributed by atoms with Crippen LogP contribution in [0, 0.1) is 0 Å². The number of anilines is 2. The van der Waals surface area contributed by atoms with Crippen LogP contribution in [0.4, 0.5) is 11.4 Å². The zero-order chi connectivity index (χ0) is 20.0. The summed E-state index contributed by atoms with van der Waals surface area (Å²) in [7, 11) is 4.20. The predicted octanol–water partition coefficient (Wildman–Crippen LogP) is 4.05. The van der Waals surface area contributed by atoms with Crippen LogP contribution in [0.2, 0.25) is 5.02 Å². The van der Waals surface area contributed by atoms with Gasteiger partial charge in [0.2, 0.25) is 0 Å². The number of nitrogens with zero attached hydrogens (tertiary/aromatic N) is 2. The van der Waals surface area contributed by atoms with Crippen LogP contribution < -0.4 is 4.90 Å². The molecule has 2 N–H and O–H groups in total. The summed E-state index contributed by atoms with van der Waals surface area (Å²) in [5, 5.41) is 16.2. The fraction of sp³-hybridized carbons (Fsp3) is 0.263. The van der Waals surface area contributed by atoms with Gasteiger partial charge in [-0.3, -0.25) is 9.59 Å². The maximum absolute atomic E-state index is 9.43. The summed E-state index contributed by atoms with van der Waals surface area (Å²) >= 11 is 8.00. The van der Waals surface area contributed by atoms with E-state index in [0.717, 1.165) is 18.1 Å². The molecule has 0 atom stereocenters. The summed E-state index contributed by atoms with van der Waals surface area (Å²) in [5.74, 6) is -2.62. The molecule has 1 aliphatic rings. The molecular weight excluding hydrogens is 388 g/mol. The van der Waals surface area contributed by atoms with Crippen molar-refractivity contribution in [3.8, 4) is 0 Å². The molecule has 3 rings (SSSR count). The molecular formula is C19H21ClN2O4S. The highest BCUT2D eigenvalue weighted by Crippen LogP contribution is 2.48. The molecule has 6 nitrogen and oxygen atoms in total. The largest absolute Gasteiger partial charge is 0.481 e. The standard InChI is InChI=1S/C16H17ClN2S.C3H4O4/c1-18(2)9-10-19-13-5-3-4-6-15(13)20-16-8-7-12(17)11-14(16)19;4-2(5)1-3(6)7/h3-8,11H,9-10H2,1-2H3;1H2,(H,4,5)(H,6,7).